The fourth-order valence-electron chi connectivity index (χ4n) is 3.35. The van der Waals surface area contributed by atoms with Crippen LogP contribution in [0.3, 0.4) is 0 Å². The van der Waals surface area contributed by atoms with Gasteiger partial charge in [0.1, 0.15) is 6.54 Å². The molecule has 3 rings (SSSR count). The second-order valence-corrected chi connectivity index (χ2v) is 8.68. The highest BCUT2D eigenvalue weighted by molar-refractivity contribution is 5.93. The minimum absolute atomic E-state index is 0.0773. The topological polar surface area (TPSA) is 93.1 Å². The predicted molar refractivity (Wildman–Crippen MR) is 131 cm³/mol. The molecule has 33 heavy (non-hydrogen) atoms. The van der Waals surface area contributed by atoms with Crippen molar-refractivity contribution in [3.05, 3.63) is 76.1 Å². The van der Waals surface area contributed by atoms with Crippen molar-refractivity contribution in [1.29, 1.82) is 0 Å². The van der Waals surface area contributed by atoms with Gasteiger partial charge in [-0.25, -0.2) is 4.68 Å². The number of nitrogens with zero attached hydrogens (tertiary/aromatic N) is 2. The van der Waals surface area contributed by atoms with Crippen molar-refractivity contribution >= 4 is 23.2 Å². The summed E-state index contributed by atoms with van der Waals surface area (Å²) in [7, 11) is 0. The summed E-state index contributed by atoms with van der Waals surface area (Å²) in [5, 5.41) is 10.2. The first-order chi connectivity index (χ1) is 15.7. The van der Waals surface area contributed by atoms with Crippen LogP contribution in [0.2, 0.25) is 0 Å². The molecular formula is C26H30N4O3. The minimum atomic E-state index is -0.369. The zero-order valence-corrected chi connectivity index (χ0v) is 19.7. The average Bonchev–Trinajstić information content (AvgIpc) is 2.77. The number of hydrogen-bond acceptors (Lipinski definition) is 4. The highest BCUT2D eigenvalue weighted by atomic mass is 16.2. The summed E-state index contributed by atoms with van der Waals surface area (Å²) in [6.45, 7) is 9.47. The van der Waals surface area contributed by atoms with E-state index in [1.54, 1.807) is 6.07 Å². The molecule has 172 valence electrons. The molecule has 0 aliphatic rings. The Labute approximate surface area is 193 Å². The van der Waals surface area contributed by atoms with Gasteiger partial charge in [-0.3, -0.25) is 14.4 Å². The molecule has 0 radical (unpaired) electrons. The molecule has 0 atom stereocenters. The molecular weight excluding hydrogens is 416 g/mol. The van der Waals surface area contributed by atoms with E-state index in [0.29, 0.717) is 11.4 Å². The number of amides is 2. The van der Waals surface area contributed by atoms with Gasteiger partial charge < -0.3 is 10.6 Å². The Kier molecular flexibility index (Phi) is 7.43. The first-order valence-electron chi connectivity index (χ1n) is 11.0. The molecule has 7 heteroatoms. The summed E-state index contributed by atoms with van der Waals surface area (Å²) in [5.41, 5.74) is 4.26. The molecule has 0 saturated carbocycles. The predicted octanol–water partition coefficient (Wildman–Crippen LogP) is 4.58. The van der Waals surface area contributed by atoms with Crippen LogP contribution in [0.25, 0.3) is 11.3 Å². The Hall–Kier alpha value is -3.74. The molecule has 1 heterocycles. The van der Waals surface area contributed by atoms with Crippen LogP contribution in [-0.2, 0) is 16.1 Å². The summed E-state index contributed by atoms with van der Waals surface area (Å²) in [6, 6.07) is 16.2. The van der Waals surface area contributed by atoms with Crippen molar-refractivity contribution in [1.82, 2.24) is 9.78 Å². The van der Waals surface area contributed by atoms with Crippen molar-refractivity contribution in [2.75, 3.05) is 10.6 Å². The Morgan fingerprint density at radius 2 is 1.67 bits per heavy atom. The maximum atomic E-state index is 12.7. The standard InChI is InChI=1S/C26H30N4O3/c1-16(2)20-8-6-7-9-22(20)27-24(31)15-30-25(32)13-12-21(29-30)19-11-10-18(5)23(14-19)28-26(33)17(3)4/h6-14,16-17H,15H2,1-5H3,(H,27,31)(H,28,33). The number of carbonyl (C=O) groups is 2. The number of nitrogens with one attached hydrogen (secondary N) is 2. The Morgan fingerprint density at radius 1 is 0.939 bits per heavy atom. The lowest BCUT2D eigenvalue weighted by atomic mass is 10.0. The molecule has 2 N–H and O–H groups in total. The zero-order valence-electron chi connectivity index (χ0n) is 19.7. The summed E-state index contributed by atoms with van der Waals surface area (Å²) in [5.74, 6) is -0.305. The summed E-state index contributed by atoms with van der Waals surface area (Å²) < 4.78 is 1.15. The number of rotatable bonds is 7. The quantitative estimate of drug-likeness (QED) is 0.556. The van der Waals surface area contributed by atoms with Crippen LogP contribution < -0.4 is 16.2 Å². The van der Waals surface area contributed by atoms with Crippen molar-refractivity contribution < 1.29 is 9.59 Å². The molecule has 1 aromatic heterocycles. The molecule has 0 aliphatic heterocycles. The number of hydrogen-bond donors (Lipinski definition) is 2. The van der Waals surface area contributed by atoms with E-state index in [9.17, 15) is 14.4 Å². The minimum Gasteiger partial charge on any atom is -0.326 e. The van der Waals surface area contributed by atoms with Crippen LogP contribution in [-0.4, -0.2) is 21.6 Å². The number of aryl methyl sites for hydroxylation is 1. The summed E-state index contributed by atoms with van der Waals surface area (Å²) >= 11 is 0. The summed E-state index contributed by atoms with van der Waals surface area (Å²) in [4.78, 5) is 37.2. The number of anilines is 2. The van der Waals surface area contributed by atoms with Crippen LogP contribution in [0.5, 0.6) is 0 Å². The van der Waals surface area contributed by atoms with Gasteiger partial charge in [0.05, 0.1) is 5.69 Å². The molecule has 2 amide bonds. The molecule has 0 spiro atoms. The number of aromatic nitrogens is 2. The molecule has 0 aliphatic carbocycles. The van der Waals surface area contributed by atoms with E-state index in [4.69, 9.17) is 0 Å². The average molecular weight is 447 g/mol. The van der Waals surface area contributed by atoms with Gasteiger partial charge in [0.2, 0.25) is 11.8 Å². The summed E-state index contributed by atoms with van der Waals surface area (Å²) in [6.07, 6.45) is 0. The van der Waals surface area contributed by atoms with Crippen LogP contribution in [0.4, 0.5) is 11.4 Å². The monoisotopic (exact) mass is 446 g/mol. The highest BCUT2D eigenvalue weighted by Crippen LogP contribution is 2.25. The number of benzene rings is 2. The van der Waals surface area contributed by atoms with E-state index in [2.05, 4.69) is 29.6 Å². The molecule has 0 unspecified atom stereocenters. The lowest BCUT2D eigenvalue weighted by molar-refractivity contribution is -0.119. The van der Waals surface area contributed by atoms with E-state index in [1.165, 1.54) is 6.07 Å². The van der Waals surface area contributed by atoms with Gasteiger partial charge in [-0.05, 0) is 42.2 Å². The van der Waals surface area contributed by atoms with Gasteiger partial charge in [0.25, 0.3) is 5.56 Å². The lowest BCUT2D eigenvalue weighted by Gasteiger charge is -2.14. The zero-order chi connectivity index (χ0) is 24.1. The Bertz CT molecular complexity index is 1230. The fourth-order valence-corrected chi connectivity index (χ4v) is 3.35. The molecule has 3 aromatic rings. The van der Waals surface area contributed by atoms with Crippen LogP contribution in [0, 0.1) is 12.8 Å². The van der Waals surface area contributed by atoms with Crippen LogP contribution in [0.15, 0.2) is 59.4 Å². The molecule has 0 saturated heterocycles. The van der Waals surface area contributed by atoms with Crippen molar-refractivity contribution in [3.63, 3.8) is 0 Å². The van der Waals surface area contributed by atoms with Crippen molar-refractivity contribution in [2.45, 2.75) is 47.1 Å². The van der Waals surface area contributed by atoms with Crippen molar-refractivity contribution in [3.8, 4) is 11.3 Å². The third kappa shape index (κ3) is 5.94. The normalized spacial score (nSPS) is 11.0. The molecule has 0 bridgehead atoms. The SMILES string of the molecule is Cc1ccc(-c2ccc(=O)n(CC(=O)Nc3ccccc3C(C)C)n2)cc1NC(=O)C(C)C. The van der Waals surface area contributed by atoms with E-state index in [0.717, 1.165) is 27.1 Å². The first-order valence-corrected chi connectivity index (χ1v) is 11.0. The number of carbonyl (C=O) groups excluding carboxylic acids is 2. The van der Waals surface area contributed by atoms with Gasteiger partial charge in [0, 0.05) is 28.9 Å². The van der Waals surface area contributed by atoms with E-state index in [-0.39, 0.29) is 35.8 Å². The van der Waals surface area contributed by atoms with E-state index in [1.807, 2.05) is 63.2 Å². The largest absolute Gasteiger partial charge is 0.326 e. The van der Waals surface area contributed by atoms with Crippen molar-refractivity contribution in [2.24, 2.45) is 5.92 Å². The maximum Gasteiger partial charge on any atom is 0.267 e. The van der Waals surface area contributed by atoms with E-state index < -0.39 is 0 Å². The van der Waals surface area contributed by atoms with Crippen LogP contribution in [0.1, 0.15) is 44.7 Å². The number of para-hydroxylation sites is 1. The van der Waals surface area contributed by atoms with Gasteiger partial charge in [-0.15, -0.1) is 0 Å². The third-order valence-electron chi connectivity index (χ3n) is 5.33. The van der Waals surface area contributed by atoms with Gasteiger partial charge in [0.15, 0.2) is 0 Å². The lowest BCUT2D eigenvalue weighted by Crippen LogP contribution is -2.29. The highest BCUT2D eigenvalue weighted by Gasteiger charge is 2.13. The van der Waals surface area contributed by atoms with Gasteiger partial charge in [-0.2, -0.15) is 5.10 Å². The second-order valence-electron chi connectivity index (χ2n) is 8.68. The maximum absolute atomic E-state index is 12.7. The molecule has 0 fully saturated rings. The Morgan fingerprint density at radius 3 is 2.36 bits per heavy atom. The fraction of sp³-hybridized carbons (Fsp3) is 0.308. The molecule has 2 aromatic carbocycles. The van der Waals surface area contributed by atoms with E-state index >= 15 is 0 Å². The van der Waals surface area contributed by atoms with Gasteiger partial charge in [-0.1, -0.05) is 58.0 Å². The van der Waals surface area contributed by atoms with Gasteiger partial charge >= 0.3 is 0 Å². The Balaban J connectivity index is 1.84. The smallest absolute Gasteiger partial charge is 0.267 e. The third-order valence-corrected chi connectivity index (χ3v) is 5.33. The first kappa shape index (κ1) is 23.9. The van der Waals surface area contributed by atoms with Crippen LogP contribution >= 0.6 is 0 Å². The molecule has 7 nitrogen and oxygen atoms in total. The second kappa shape index (κ2) is 10.3.